The molecule has 0 unspecified atom stereocenters. The summed E-state index contributed by atoms with van der Waals surface area (Å²) >= 11 is 0. The van der Waals surface area contributed by atoms with E-state index in [2.05, 4.69) is 0 Å². The number of hydrogen-bond acceptors (Lipinski definition) is 6. The van der Waals surface area contributed by atoms with E-state index in [1.54, 1.807) is 25.3 Å². The van der Waals surface area contributed by atoms with Crippen molar-refractivity contribution in [3.05, 3.63) is 60.4 Å². The summed E-state index contributed by atoms with van der Waals surface area (Å²) in [5.74, 6) is 3.59. The van der Waals surface area contributed by atoms with Gasteiger partial charge in [-0.15, -0.1) is 0 Å². The number of benzene rings is 2. The van der Waals surface area contributed by atoms with E-state index in [-0.39, 0.29) is 19.2 Å². The minimum Gasteiger partial charge on any atom is -0.497 e. The zero-order valence-corrected chi connectivity index (χ0v) is 14.8. The topological polar surface area (TPSA) is 67.1 Å². The Kier molecular flexibility index (Phi) is 4.70. The lowest BCUT2D eigenvalue weighted by Gasteiger charge is -2.04. The van der Waals surface area contributed by atoms with Crippen molar-refractivity contribution in [1.82, 2.24) is 0 Å². The SMILES string of the molecule is COc1ccc(-c2ccc(CCC(=O)Oc3ccc4c(c3)OCO4)o2)cc1. The molecule has 0 atom stereocenters. The highest BCUT2D eigenvalue weighted by molar-refractivity contribution is 5.73. The van der Waals surface area contributed by atoms with Gasteiger partial charge in [0.05, 0.1) is 13.5 Å². The van der Waals surface area contributed by atoms with Gasteiger partial charge in [-0.2, -0.15) is 0 Å². The van der Waals surface area contributed by atoms with E-state index in [0.717, 1.165) is 22.8 Å². The average molecular weight is 366 g/mol. The number of esters is 1. The normalized spacial score (nSPS) is 12.0. The molecule has 2 aromatic carbocycles. The third kappa shape index (κ3) is 3.89. The fourth-order valence-corrected chi connectivity index (χ4v) is 2.77. The average Bonchev–Trinajstić information content (AvgIpc) is 3.35. The van der Waals surface area contributed by atoms with E-state index in [0.29, 0.717) is 23.7 Å². The second kappa shape index (κ2) is 7.45. The van der Waals surface area contributed by atoms with Gasteiger partial charge in [0.2, 0.25) is 6.79 Å². The predicted molar refractivity (Wildman–Crippen MR) is 97.2 cm³/mol. The maximum atomic E-state index is 12.1. The van der Waals surface area contributed by atoms with Gasteiger partial charge in [-0.05, 0) is 48.5 Å². The Morgan fingerprint density at radius 1 is 0.963 bits per heavy atom. The number of ether oxygens (including phenoxy) is 4. The highest BCUT2D eigenvalue weighted by atomic mass is 16.7. The minimum absolute atomic E-state index is 0.182. The largest absolute Gasteiger partial charge is 0.497 e. The summed E-state index contributed by atoms with van der Waals surface area (Å²) < 4.78 is 26.8. The standard InChI is InChI=1S/C21H18O6/c1-23-15-4-2-14(3-5-15)18-9-6-16(26-18)8-11-21(22)27-17-7-10-19-20(12-17)25-13-24-19/h2-7,9-10,12H,8,11,13H2,1H3. The maximum absolute atomic E-state index is 12.1. The first-order chi connectivity index (χ1) is 13.2. The van der Waals surface area contributed by atoms with Crippen LogP contribution in [0.25, 0.3) is 11.3 Å². The molecular weight excluding hydrogens is 348 g/mol. The summed E-state index contributed by atoms with van der Waals surface area (Å²) in [6, 6.07) is 16.4. The van der Waals surface area contributed by atoms with Crippen molar-refractivity contribution in [3.8, 4) is 34.3 Å². The molecule has 4 rings (SSSR count). The summed E-state index contributed by atoms with van der Waals surface area (Å²) in [6.45, 7) is 0.182. The van der Waals surface area contributed by atoms with E-state index in [1.807, 2.05) is 36.4 Å². The lowest BCUT2D eigenvalue weighted by molar-refractivity contribution is -0.134. The lowest BCUT2D eigenvalue weighted by atomic mass is 10.2. The molecule has 27 heavy (non-hydrogen) atoms. The van der Waals surface area contributed by atoms with Gasteiger partial charge in [-0.3, -0.25) is 4.79 Å². The fraction of sp³-hybridized carbons (Fsp3) is 0.190. The number of furan rings is 1. The van der Waals surface area contributed by atoms with Crippen LogP contribution in [0.4, 0.5) is 0 Å². The van der Waals surface area contributed by atoms with Crippen LogP contribution in [-0.2, 0) is 11.2 Å². The summed E-state index contributed by atoms with van der Waals surface area (Å²) in [6.07, 6.45) is 0.670. The fourth-order valence-electron chi connectivity index (χ4n) is 2.77. The quantitative estimate of drug-likeness (QED) is 0.481. The smallest absolute Gasteiger partial charge is 0.311 e. The number of aryl methyl sites for hydroxylation is 1. The molecule has 0 N–H and O–H groups in total. The molecule has 1 aliphatic heterocycles. The van der Waals surface area contributed by atoms with Crippen LogP contribution in [0.15, 0.2) is 59.0 Å². The third-order valence-corrected chi connectivity index (χ3v) is 4.19. The zero-order chi connectivity index (χ0) is 18.6. The van der Waals surface area contributed by atoms with Gasteiger partial charge in [0, 0.05) is 18.1 Å². The van der Waals surface area contributed by atoms with E-state index >= 15 is 0 Å². The molecule has 0 radical (unpaired) electrons. The van der Waals surface area contributed by atoms with Gasteiger partial charge in [0.1, 0.15) is 23.0 Å². The first-order valence-corrected chi connectivity index (χ1v) is 8.55. The van der Waals surface area contributed by atoms with Crippen molar-refractivity contribution < 1.29 is 28.2 Å². The van der Waals surface area contributed by atoms with Gasteiger partial charge in [0.25, 0.3) is 0 Å². The van der Waals surface area contributed by atoms with Crippen LogP contribution in [0.2, 0.25) is 0 Å². The van der Waals surface area contributed by atoms with Crippen LogP contribution in [-0.4, -0.2) is 19.9 Å². The number of rotatable bonds is 6. The predicted octanol–water partition coefficient (Wildman–Crippen LogP) is 4.22. The molecule has 0 bridgehead atoms. The number of fused-ring (bicyclic) bond motifs is 1. The van der Waals surface area contributed by atoms with Crippen molar-refractivity contribution in [2.24, 2.45) is 0 Å². The van der Waals surface area contributed by atoms with Crippen LogP contribution >= 0.6 is 0 Å². The van der Waals surface area contributed by atoms with Crippen LogP contribution < -0.4 is 18.9 Å². The molecule has 0 saturated heterocycles. The van der Waals surface area contributed by atoms with Crippen molar-refractivity contribution in [2.75, 3.05) is 13.9 Å². The molecule has 0 saturated carbocycles. The monoisotopic (exact) mass is 366 g/mol. The van der Waals surface area contributed by atoms with Crippen LogP contribution in [0.5, 0.6) is 23.0 Å². The van der Waals surface area contributed by atoms with E-state index < -0.39 is 0 Å². The molecule has 0 amide bonds. The second-order valence-electron chi connectivity index (χ2n) is 5.98. The minimum atomic E-state index is -0.337. The Labute approximate surface area is 156 Å². The van der Waals surface area contributed by atoms with Gasteiger partial charge in [0.15, 0.2) is 11.5 Å². The molecule has 1 aromatic heterocycles. The lowest BCUT2D eigenvalue weighted by Crippen LogP contribution is -2.08. The molecule has 138 valence electrons. The first kappa shape index (κ1) is 17.0. The first-order valence-electron chi connectivity index (χ1n) is 8.55. The van der Waals surface area contributed by atoms with E-state index in [9.17, 15) is 4.79 Å². The molecule has 1 aliphatic rings. The van der Waals surface area contributed by atoms with Gasteiger partial charge in [-0.25, -0.2) is 0 Å². The Balaban J connectivity index is 1.33. The van der Waals surface area contributed by atoms with Crippen molar-refractivity contribution >= 4 is 5.97 Å². The van der Waals surface area contributed by atoms with Gasteiger partial charge >= 0.3 is 5.97 Å². The summed E-state index contributed by atoms with van der Waals surface area (Å²) in [5, 5.41) is 0. The summed E-state index contributed by atoms with van der Waals surface area (Å²) in [7, 11) is 1.63. The summed E-state index contributed by atoms with van der Waals surface area (Å²) in [4.78, 5) is 12.1. The van der Waals surface area contributed by atoms with Crippen LogP contribution in [0.3, 0.4) is 0 Å². The third-order valence-electron chi connectivity index (χ3n) is 4.19. The Morgan fingerprint density at radius 2 is 1.74 bits per heavy atom. The molecular formula is C21H18O6. The molecule has 2 heterocycles. The van der Waals surface area contributed by atoms with Crippen LogP contribution in [0, 0.1) is 0 Å². The molecule has 0 spiro atoms. The van der Waals surface area contributed by atoms with Crippen molar-refractivity contribution in [1.29, 1.82) is 0 Å². The number of methoxy groups -OCH3 is 1. The molecule has 6 heteroatoms. The van der Waals surface area contributed by atoms with E-state index in [4.69, 9.17) is 23.4 Å². The van der Waals surface area contributed by atoms with Crippen molar-refractivity contribution in [2.45, 2.75) is 12.8 Å². The zero-order valence-electron chi connectivity index (χ0n) is 14.8. The molecule has 0 aliphatic carbocycles. The van der Waals surface area contributed by atoms with Gasteiger partial charge < -0.3 is 23.4 Å². The van der Waals surface area contributed by atoms with Crippen LogP contribution in [0.1, 0.15) is 12.2 Å². The summed E-state index contributed by atoms with van der Waals surface area (Å²) in [5.41, 5.74) is 0.949. The van der Waals surface area contributed by atoms with E-state index in [1.165, 1.54) is 0 Å². The van der Waals surface area contributed by atoms with Gasteiger partial charge in [-0.1, -0.05) is 0 Å². The maximum Gasteiger partial charge on any atom is 0.311 e. The number of carbonyl (C=O) groups excluding carboxylic acids is 1. The Hall–Kier alpha value is -3.41. The Bertz CT molecular complexity index is 942. The van der Waals surface area contributed by atoms with Crippen molar-refractivity contribution in [3.63, 3.8) is 0 Å². The molecule has 3 aromatic rings. The highest BCUT2D eigenvalue weighted by Gasteiger charge is 2.15. The number of hydrogen-bond donors (Lipinski definition) is 0. The Morgan fingerprint density at radius 3 is 2.56 bits per heavy atom. The molecule has 0 fully saturated rings. The molecule has 6 nitrogen and oxygen atoms in total. The second-order valence-corrected chi connectivity index (χ2v) is 5.98. The highest BCUT2D eigenvalue weighted by Crippen LogP contribution is 2.35. The number of carbonyl (C=O) groups is 1.